The Morgan fingerprint density at radius 2 is 1.94 bits per heavy atom. The molecule has 1 aliphatic carbocycles. The van der Waals surface area contributed by atoms with Gasteiger partial charge in [0.2, 0.25) is 0 Å². The van der Waals surface area contributed by atoms with Gasteiger partial charge in [0.25, 0.3) is 5.91 Å². The molecular weight excluding hydrogens is 408 g/mol. The fourth-order valence-electron chi connectivity index (χ4n) is 5.06. The quantitative estimate of drug-likeness (QED) is 0.507. The standard InChI is InChI=1S/C24H30N4O4/c1-28(16-22(29)27-21-11-13-25-17-26-21)14-12-20(15-28)32-23(30)24(31,19-9-5-6-10-19)18-7-3-2-4-8-18/h2-4,7-8,11,13,17,19-20,31H,5-6,9-10,12,14-16H2,1H3/p+1. The van der Waals surface area contributed by atoms with Crippen molar-refractivity contribution in [2.45, 2.75) is 43.8 Å². The number of quaternary nitrogens is 1. The van der Waals surface area contributed by atoms with Crippen LogP contribution in [0.25, 0.3) is 0 Å². The van der Waals surface area contributed by atoms with Gasteiger partial charge in [-0.05, 0) is 24.5 Å². The van der Waals surface area contributed by atoms with Gasteiger partial charge in [0.15, 0.2) is 18.2 Å². The van der Waals surface area contributed by atoms with E-state index in [1.54, 1.807) is 24.4 Å². The summed E-state index contributed by atoms with van der Waals surface area (Å²) >= 11 is 0. The summed E-state index contributed by atoms with van der Waals surface area (Å²) in [5.41, 5.74) is -1.04. The lowest BCUT2D eigenvalue weighted by molar-refractivity contribution is -0.890. The first-order valence-corrected chi connectivity index (χ1v) is 11.3. The van der Waals surface area contributed by atoms with Crippen LogP contribution in [0.3, 0.4) is 0 Å². The van der Waals surface area contributed by atoms with Gasteiger partial charge in [0, 0.05) is 18.5 Å². The highest BCUT2D eigenvalue weighted by molar-refractivity contribution is 5.90. The number of esters is 1. The molecule has 1 amide bonds. The maximum absolute atomic E-state index is 13.3. The number of benzene rings is 1. The van der Waals surface area contributed by atoms with Gasteiger partial charge in [-0.3, -0.25) is 4.79 Å². The van der Waals surface area contributed by atoms with E-state index in [9.17, 15) is 14.7 Å². The largest absolute Gasteiger partial charge is 0.454 e. The van der Waals surface area contributed by atoms with E-state index in [1.165, 1.54) is 6.33 Å². The van der Waals surface area contributed by atoms with Crippen molar-refractivity contribution in [2.75, 3.05) is 32.0 Å². The first-order chi connectivity index (χ1) is 15.4. The lowest BCUT2D eigenvalue weighted by atomic mass is 9.80. The smallest absolute Gasteiger partial charge is 0.343 e. The number of hydrogen-bond acceptors (Lipinski definition) is 6. The highest BCUT2D eigenvalue weighted by Crippen LogP contribution is 2.42. The first kappa shape index (κ1) is 22.4. The predicted octanol–water partition coefficient (Wildman–Crippen LogP) is 2.26. The lowest BCUT2D eigenvalue weighted by Gasteiger charge is -2.33. The second kappa shape index (κ2) is 9.34. The number of anilines is 1. The van der Waals surface area contributed by atoms with E-state index in [1.807, 2.05) is 25.2 Å². The van der Waals surface area contributed by atoms with Crippen LogP contribution in [-0.2, 0) is 19.9 Å². The Bertz CT molecular complexity index is 936. The summed E-state index contributed by atoms with van der Waals surface area (Å²) in [6.07, 6.45) is 6.90. The van der Waals surface area contributed by atoms with E-state index in [4.69, 9.17) is 4.74 Å². The Morgan fingerprint density at radius 1 is 1.19 bits per heavy atom. The van der Waals surface area contributed by atoms with E-state index >= 15 is 0 Å². The van der Waals surface area contributed by atoms with Crippen molar-refractivity contribution in [3.05, 3.63) is 54.5 Å². The van der Waals surface area contributed by atoms with Crippen molar-refractivity contribution in [2.24, 2.45) is 5.92 Å². The Kier molecular flexibility index (Phi) is 6.53. The Hall–Kier alpha value is -2.84. The van der Waals surface area contributed by atoms with E-state index in [2.05, 4.69) is 15.3 Å². The Balaban J connectivity index is 1.40. The number of amides is 1. The molecule has 4 rings (SSSR count). The van der Waals surface area contributed by atoms with Gasteiger partial charge in [0.05, 0.1) is 13.6 Å². The fourth-order valence-corrected chi connectivity index (χ4v) is 5.06. The molecule has 1 aromatic carbocycles. The fraction of sp³-hybridized carbons (Fsp3) is 0.500. The Labute approximate surface area is 188 Å². The van der Waals surface area contributed by atoms with Crippen LogP contribution in [0.4, 0.5) is 5.82 Å². The second-order valence-corrected chi connectivity index (χ2v) is 9.26. The molecule has 3 unspecified atom stereocenters. The number of hydrogen-bond donors (Lipinski definition) is 2. The van der Waals surface area contributed by atoms with E-state index < -0.39 is 11.6 Å². The SMILES string of the molecule is C[N+]1(CC(=O)Nc2ccncn2)CCC(OC(=O)C(O)(c2ccccc2)C2CCCC2)C1. The van der Waals surface area contributed by atoms with E-state index in [-0.39, 0.29) is 24.5 Å². The summed E-state index contributed by atoms with van der Waals surface area (Å²) in [5.74, 6) is -0.397. The van der Waals surface area contributed by atoms with Gasteiger partial charge in [-0.2, -0.15) is 0 Å². The molecule has 8 nitrogen and oxygen atoms in total. The molecule has 2 N–H and O–H groups in total. The highest BCUT2D eigenvalue weighted by Gasteiger charge is 2.49. The van der Waals surface area contributed by atoms with Crippen LogP contribution in [0.5, 0.6) is 0 Å². The molecule has 0 spiro atoms. The van der Waals surface area contributed by atoms with Crippen molar-refractivity contribution in [1.29, 1.82) is 0 Å². The minimum absolute atomic E-state index is 0.140. The zero-order chi connectivity index (χ0) is 22.6. The molecule has 0 radical (unpaired) electrons. The first-order valence-electron chi connectivity index (χ1n) is 11.3. The van der Waals surface area contributed by atoms with Crippen LogP contribution in [0.2, 0.25) is 0 Å². The minimum Gasteiger partial charge on any atom is -0.454 e. The normalized spacial score (nSPS) is 25.2. The Morgan fingerprint density at radius 3 is 2.62 bits per heavy atom. The van der Waals surface area contributed by atoms with Gasteiger partial charge in [-0.1, -0.05) is 43.2 Å². The maximum atomic E-state index is 13.3. The van der Waals surface area contributed by atoms with Crippen molar-refractivity contribution in [1.82, 2.24) is 9.97 Å². The molecule has 1 saturated carbocycles. The summed E-state index contributed by atoms with van der Waals surface area (Å²) in [4.78, 5) is 33.7. The molecule has 3 atom stereocenters. The van der Waals surface area contributed by atoms with E-state index in [0.29, 0.717) is 35.4 Å². The monoisotopic (exact) mass is 439 g/mol. The van der Waals surface area contributed by atoms with Crippen LogP contribution in [0, 0.1) is 5.92 Å². The van der Waals surface area contributed by atoms with Crippen LogP contribution in [-0.4, -0.2) is 64.2 Å². The molecular formula is C24H31N4O4+. The summed E-state index contributed by atoms with van der Waals surface area (Å²) in [6.45, 7) is 1.49. The van der Waals surface area contributed by atoms with Crippen LogP contribution < -0.4 is 5.32 Å². The van der Waals surface area contributed by atoms with Crippen LogP contribution in [0.15, 0.2) is 48.9 Å². The molecule has 8 heteroatoms. The molecule has 2 heterocycles. The summed E-state index contributed by atoms with van der Waals surface area (Å²) < 4.78 is 6.34. The van der Waals surface area contributed by atoms with Gasteiger partial charge in [0.1, 0.15) is 18.7 Å². The number of carbonyl (C=O) groups excluding carboxylic acids is 2. The number of aliphatic hydroxyl groups is 1. The summed E-state index contributed by atoms with van der Waals surface area (Å²) in [6, 6.07) is 10.8. The third-order valence-corrected chi connectivity index (χ3v) is 6.75. The molecule has 2 fully saturated rings. The zero-order valence-corrected chi connectivity index (χ0v) is 18.4. The van der Waals surface area contributed by atoms with Gasteiger partial charge >= 0.3 is 5.97 Å². The van der Waals surface area contributed by atoms with Crippen molar-refractivity contribution in [3.8, 4) is 0 Å². The number of likely N-dealkylation sites (tertiary alicyclic amines) is 1. The molecule has 2 aromatic rings. The van der Waals surface area contributed by atoms with Crippen molar-refractivity contribution in [3.63, 3.8) is 0 Å². The molecule has 32 heavy (non-hydrogen) atoms. The average molecular weight is 440 g/mol. The number of nitrogens with one attached hydrogen (secondary N) is 1. The lowest BCUT2D eigenvalue weighted by Crippen LogP contribution is -2.49. The van der Waals surface area contributed by atoms with Crippen molar-refractivity contribution < 1.29 is 23.9 Å². The predicted molar refractivity (Wildman–Crippen MR) is 118 cm³/mol. The average Bonchev–Trinajstić information content (AvgIpc) is 3.45. The van der Waals surface area contributed by atoms with Gasteiger partial charge in [-0.15, -0.1) is 0 Å². The number of aromatic nitrogens is 2. The van der Waals surface area contributed by atoms with Gasteiger partial charge < -0.3 is 19.6 Å². The summed E-state index contributed by atoms with van der Waals surface area (Å²) in [7, 11) is 1.98. The zero-order valence-electron chi connectivity index (χ0n) is 18.4. The van der Waals surface area contributed by atoms with Crippen molar-refractivity contribution >= 4 is 17.7 Å². The van der Waals surface area contributed by atoms with Gasteiger partial charge in [-0.25, -0.2) is 14.8 Å². The molecule has 1 saturated heterocycles. The molecule has 1 aromatic heterocycles. The molecule has 2 aliphatic rings. The number of ether oxygens (including phenoxy) is 1. The third-order valence-electron chi connectivity index (χ3n) is 6.75. The molecule has 1 aliphatic heterocycles. The number of nitrogens with zero attached hydrogens (tertiary/aromatic N) is 3. The van der Waals surface area contributed by atoms with Crippen LogP contribution in [0.1, 0.15) is 37.7 Å². The number of carbonyl (C=O) groups is 2. The third kappa shape index (κ3) is 4.81. The van der Waals surface area contributed by atoms with Crippen LogP contribution >= 0.6 is 0 Å². The summed E-state index contributed by atoms with van der Waals surface area (Å²) in [5, 5.41) is 14.4. The molecule has 170 valence electrons. The minimum atomic E-state index is -1.63. The topological polar surface area (TPSA) is 101 Å². The number of rotatable bonds is 7. The number of likely N-dealkylation sites (N-methyl/N-ethyl adjacent to an activating group) is 1. The van der Waals surface area contributed by atoms with E-state index in [0.717, 1.165) is 25.7 Å². The second-order valence-electron chi connectivity index (χ2n) is 9.26. The maximum Gasteiger partial charge on any atom is 0.343 e. The highest BCUT2D eigenvalue weighted by atomic mass is 16.6. The molecule has 0 bridgehead atoms.